The Hall–Kier alpha value is -2.56. The molecule has 1 heterocycles. The molecule has 0 radical (unpaired) electrons. The number of oxazole rings is 1. The number of hydrogen-bond acceptors (Lipinski definition) is 3. The highest BCUT2D eigenvalue weighted by molar-refractivity contribution is 5.72. The van der Waals surface area contributed by atoms with E-state index in [1.54, 1.807) is 16.7 Å². The maximum Gasteiger partial charge on any atom is 0.420 e. The molecular formula is C17H17FN2O2. The molecule has 114 valence electrons. The van der Waals surface area contributed by atoms with E-state index in [1.807, 2.05) is 36.1 Å². The Balaban J connectivity index is 1.83. The average Bonchev–Trinajstić information content (AvgIpc) is 2.84. The van der Waals surface area contributed by atoms with Crippen molar-refractivity contribution in [2.24, 2.45) is 0 Å². The number of aromatic nitrogens is 1. The first-order valence-electron chi connectivity index (χ1n) is 7.28. The van der Waals surface area contributed by atoms with Crippen LogP contribution in [-0.4, -0.2) is 17.7 Å². The van der Waals surface area contributed by atoms with Crippen LogP contribution in [0.3, 0.4) is 0 Å². The van der Waals surface area contributed by atoms with Gasteiger partial charge in [0.15, 0.2) is 5.58 Å². The molecule has 4 nitrogen and oxygen atoms in total. The zero-order valence-electron chi connectivity index (χ0n) is 12.3. The lowest BCUT2D eigenvalue weighted by Crippen LogP contribution is -2.29. The van der Waals surface area contributed by atoms with Crippen molar-refractivity contribution < 1.29 is 8.81 Å². The van der Waals surface area contributed by atoms with Crippen LogP contribution in [0.1, 0.15) is 6.92 Å². The third-order valence-corrected chi connectivity index (χ3v) is 3.72. The van der Waals surface area contributed by atoms with Crippen molar-refractivity contribution >= 4 is 16.8 Å². The van der Waals surface area contributed by atoms with Gasteiger partial charge in [-0.2, -0.15) is 0 Å². The summed E-state index contributed by atoms with van der Waals surface area (Å²) < 4.78 is 20.2. The molecule has 0 unspecified atom stereocenters. The van der Waals surface area contributed by atoms with Gasteiger partial charge in [-0.1, -0.05) is 18.2 Å². The molecule has 0 amide bonds. The molecule has 1 aromatic heterocycles. The first-order valence-corrected chi connectivity index (χ1v) is 7.28. The van der Waals surface area contributed by atoms with E-state index in [0.29, 0.717) is 18.7 Å². The second-order valence-corrected chi connectivity index (χ2v) is 5.05. The first kappa shape index (κ1) is 14.4. The maximum atomic E-state index is 13.4. The highest BCUT2D eigenvalue weighted by atomic mass is 19.1. The van der Waals surface area contributed by atoms with E-state index in [2.05, 4.69) is 0 Å². The molecule has 0 atom stereocenters. The Morgan fingerprint density at radius 2 is 2.00 bits per heavy atom. The standard InChI is InChI=1S/C17H17FN2O2/c1-2-19(14-7-5-6-13(18)12-14)10-11-20-15-8-3-4-9-16(15)22-17(20)21/h3-9,12H,2,10-11H2,1H3. The monoisotopic (exact) mass is 300 g/mol. The predicted octanol–water partition coefficient (Wildman–Crippen LogP) is 3.26. The normalized spacial score (nSPS) is 11.0. The van der Waals surface area contributed by atoms with Crippen LogP contribution in [0, 0.1) is 5.82 Å². The summed E-state index contributed by atoms with van der Waals surface area (Å²) in [5.74, 6) is -0.627. The van der Waals surface area contributed by atoms with Gasteiger partial charge in [0.1, 0.15) is 5.82 Å². The average molecular weight is 300 g/mol. The molecule has 0 saturated heterocycles. The van der Waals surface area contributed by atoms with Gasteiger partial charge in [-0.05, 0) is 37.3 Å². The van der Waals surface area contributed by atoms with Gasteiger partial charge in [0.05, 0.1) is 5.52 Å². The van der Waals surface area contributed by atoms with Crippen LogP contribution >= 0.6 is 0 Å². The van der Waals surface area contributed by atoms with Crippen molar-refractivity contribution in [3.8, 4) is 0 Å². The topological polar surface area (TPSA) is 38.4 Å². The Morgan fingerprint density at radius 3 is 2.77 bits per heavy atom. The largest absolute Gasteiger partial charge is 0.420 e. The molecule has 3 rings (SSSR count). The van der Waals surface area contributed by atoms with Crippen molar-refractivity contribution in [1.29, 1.82) is 0 Å². The van der Waals surface area contributed by atoms with Gasteiger partial charge in [-0.25, -0.2) is 9.18 Å². The molecule has 5 heteroatoms. The molecule has 22 heavy (non-hydrogen) atoms. The molecule has 0 N–H and O–H groups in total. The Kier molecular flexibility index (Phi) is 3.96. The third-order valence-electron chi connectivity index (χ3n) is 3.72. The molecule has 0 fully saturated rings. The van der Waals surface area contributed by atoms with Crippen LogP contribution in [0.25, 0.3) is 11.1 Å². The molecule has 0 aliphatic carbocycles. The minimum absolute atomic E-state index is 0.262. The third kappa shape index (κ3) is 2.74. The number of likely N-dealkylation sites (N-methyl/N-ethyl adjacent to an activating group) is 1. The summed E-state index contributed by atoms with van der Waals surface area (Å²) in [4.78, 5) is 14.0. The molecule has 0 spiro atoms. The number of hydrogen-bond donors (Lipinski definition) is 0. The molecule has 0 bridgehead atoms. The van der Waals surface area contributed by atoms with Gasteiger partial charge in [-0.3, -0.25) is 4.57 Å². The minimum Gasteiger partial charge on any atom is -0.408 e. The van der Waals surface area contributed by atoms with E-state index in [1.165, 1.54) is 12.1 Å². The SMILES string of the molecule is CCN(CCn1c(=O)oc2ccccc21)c1cccc(F)c1. The molecule has 0 saturated carbocycles. The summed E-state index contributed by atoms with van der Waals surface area (Å²) in [7, 11) is 0. The lowest BCUT2D eigenvalue weighted by Gasteiger charge is -2.23. The lowest BCUT2D eigenvalue weighted by molar-refractivity contribution is 0.504. The second kappa shape index (κ2) is 6.05. The van der Waals surface area contributed by atoms with Crippen molar-refractivity contribution in [1.82, 2.24) is 4.57 Å². The van der Waals surface area contributed by atoms with Crippen molar-refractivity contribution in [3.05, 3.63) is 64.9 Å². The van der Waals surface area contributed by atoms with Crippen LogP contribution in [0.5, 0.6) is 0 Å². The van der Waals surface area contributed by atoms with Gasteiger partial charge in [0.25, 0.3) is 0 Å². The first-order chi connectivity index (χ1) is 10.7. The van der Waals surface area contributed by atoms with Gasteiger partial charge in [0, 0.05) is 25.3 Å². The zero-order valence-corrected chi connectivity index (χ0v) is 12.3. The quantitative estimate of drug-likeness (QED) is 0.726. The molecule has 0 aliphatic rings. The summed E-state index contributed by atoms with van der Waals surface area (Å²) in [6.07, 6.45) is 0. The fraction of sp³-hybridized carbons (Fsp3) is 0.235. The summed E-state index contributed by atoms with van der Waals surface area (Å²) >= 11 is 0. The Morgan fingerprint density at radius 1 is 1.18 bits per heavy atom. The van der Waals surface area contributed by atoms with E-state index in [-0.39, 0.29) is 11.6 Å². The maximum absolute atomic E-state index is 13.4. The molecular weight excluding hydrogens is 283 g/mol. The van der Waals surface area contributed by atoms with Crippen LogP contribution in [0.4, 0.5) is 10.1 Å². The lowest BCUT2D eigenvalue weighted by atomic mass is 10.2. The van der Waals surface area contributed by atoms with E-state index in [0.717, 1.165) is 17.7 Å². The number of benzene rings is 2. The minimum atomic E-state index is -0.364. The summed E-state index contributed by atoms with van der Waals surface area (Å²) in [6, 6.07) is 13.8. The highest BCUT2D eigenvalue weighted by Gasteiger charge is 2.11. The van der Waals surface area contributed by atoms with Crippen LogP contribution in [0.15, 0.2) is 57.7 Å². The van der Waals surface area contributed by atoms with Crippen molar-refractivity contribution in [3.63, 3.8) is 0 Å². The highest BCUT2D eigenvalue weighted by Crippen LogP contribution is 2.16. The van der Waals surface area contributed by atoms with E-state index in [4.69, 9.17) is 4.42 Å². The van der Waals surface area contributed by atoms with E-state index in [9.17, 15) is 9.18 Å². The van der Waals surface area contributed by atoms with Gasteiger partial charge in [0.2, 0.25) is 0 Å². The molecule has 2 aromatic carbocycles. The number of rotatable bonds is 5. The fourth-order valence-corrected chi connectivity index (χ4v) is 2.59. The Bertz CT molecular complexity index is 838. The smallest absolute Gasteiger partial charge is 0.408 e. The predicted molar refractivity (Wildman–Crippen MR) is 84.8 cm³/mol. The van der Waals surface area contributed by atoms with Gasteiger partial charge in [-0.15, -0.1) is 0 Å². The second-order valence-electron chi connectivity index (χ2n) is 5.05. The van der Waals surface area contributed by atoms with Crippen molar-refractivity contribution in [2.45, 2.75) is 13.5 Å². The van der Waals surface area contributed by atoms with Crippen LogP contribution in [0.2, 0.25) is 0 Å². The number of nitrogens with zero attached hydrogens (tertiary/aromatic N) is 2. The van der Waals surface area contributed by atoms with Crippen molar-refractivity contribution in [2.75, 3.05) is 18.0 Å². The fourth-order valence-electron chi connectivity index (χ4n) is 2.59. The van der Waals surface area contributed by atoms with Gasteiger partial charge >= 0.3 is 5.76 Å². The number of anilines is 1. The number of para-hydroxylation sites is 2. The number of fused-ring (bicyclic) bond motifs is 1. The van der Waals surface area contributed by atoms with Crippen LogP contribution < -0.4 is 10.7 Å². The molecule has 0 aliphatic heterocycles. The summed E-state index contributed by atoms with van der Waals surface area (Å²) in [5.41, 5.74) is 2.17. The number of halogens is 1. The zero-order chi connectivity index (χ0) is 15.5. The summed E-state index contributed by atoms with van der Waals surface area (Å²) in [6.45, 7) is 3.82. The molecule has 3 aromatic rings. The Labute approximate surface area is 127 Å². The van der Waals surface area contributed by atoms with Gasteiger partial charge < -0.3 is 9.32 Å². The van der Waals surface area contributed by atoms with E-state index >= 15 is 0 Å². The van der Waals surface area contributed by atoms with Crippen LogP contribution in [-0.2, 0) is 6.54 Å². The van der Waals surface area contributed by atoms with E-state index < -0.39 is 0 Å². The summed E-state index contributed by atoms with van der Waals surface area (Å²) in [5, 5.41) is 0.